The number of aryl methyl sites for hydroxylation is 1. The fraction of sp³-hybridized carbons (Fsp3) is 0.200. The van der Waals surface area contributed by atoms with Crippen molar-refractivity contribution in [2.45, 2.75) is 20.0 Å². The molecule has 6 nitrogen and oxygen atoms in total. The number of hydrogen-bond donors (Lipinski definition) is 1. The summed E-state index contributed by atoms with van der Waals surface area (Å²) in [6, 6.07) is 14.9. The largest absolute Gasteiger partial charge is 0.497 e. The van der Waals surface area contributed by atoms with Crippen LogP contribution in [0.4, 0.5) is 6.01 Å². The maximum Gasteiger partial charge on any atom is 0.298 e. The van der Waals surface area contributed by atoms with Gasteiger partial charge in [-0.15, -0.1) is 0 Å². The predicted molar refractivity (Wildman–Crippen MR) is 100 cm³/mol. The monoisotopic (exact) mass is 348 g/mol. The molecule has 0 saturated heterocycles. The Morgan fingerprint density at radius 3 is 2.73 bits per heavy atom. The quantitative estimate of drug-likeness (QED) is 0.569. The van der Waals surface area contributed by atoms with Crippen molar-refractivity contribution in [2.24, 2.45) is 0 Å². The molecule has 0 unspecified atom stereocenters. The van der Waals surface area contributed by atoms with Gasteiger partial charge < -0.3 is 14.1 Å². The zero-order chi connectivity index (χ0) is 17.9. The minimum absolute atomic E-state index is 0.609. The van der Waals surface area contributed by atoms with E-state index < -0.39 is 0 Å². The molecule has 0 bridgehead atoms. The number of nitrogens with one attached hydrogen (secondary N) is 1. The number of ether oxygens (including phenoxy) is 1. The Hall–Kier alpha value is -3.28. The fourth-order valence-corrected chi connectivity index (χ4v) is 2.98. The zero-order valence-corrected chi connectivity index (χ0v) is 14.8. The topological polar surface area (TPSA) is 67.2 Å². The molecule has 2 heterocycles. The minimum Gasteiger partial charge on any atom is -0.497 e. The lowest BCUT2D eigenvalue weighted by molar-refractivity contribution is 0.414. The standard InChI is InChI=1S/C20H20N4O2/c1-14-13-26-20(22-14)24(11-15-4-3-5-18(9-15)25-2)12-16-6-7-19-17(8-16)10-21-23-19/h3-10,13H,11-12H2,1-2H3,(H,21,23). The van der Waals surface area contributed by atoms with E-state index in [1.807, 2.05) is 37.4 Å². The van der Waals surface area contributed by atoms with Crippen LogP contribution in [0.1, 0.15) is 16.8 Å². The van der Waals surface area contributed by atoms with Gasteiger partial charge in [0.25, 0.3) is 6.01 Å². The van der Waals surface area contributed by atoms with E-state index in [4.69, 9.17) is 9.15 Å². The summed E-state index contributed by atoms with van der Waals surface area (Å²) in [6.45, 7) is 3.27. The Kier molecular flexibility index (Phi) is 4.31. The Balaban J connectivity index is 1.63. The molecule has 0 aliphatic rings. The number of anilines is 1. The van der Waals surface area contributed by atoms with Crippen LogP contribution < -0.4 is 9.64 Å². The van der Waals surface area contributed by atoms with Gasteiger partial charge in [0.15, 0.2) is 0 Å². The van der Waals surface area contributed by atoms with E-state index in [0.717, 1.165) is 33.5 Å². The van der Waals surface area contributed by atoms with E-state index in [9.17, 15) is 0 Å². The average Bonchev–Trinajstić information content (AvgIpc) is 3.29. The van der Waals surface area contributed by atoms with Gasteiger partial charge in [-0.2, -0.15) is 10.1 Å². The van der Waals surface area contributed by atoms with Crippen LogP contribution in [-0.4, -0.2) is 22.3 Å². The summed E-state index contributed by atoms with van der Waals surface area (Å²) >= 11 is 0. The maximum absolute atomic E-state index is 5.66. The average molecular weight is 348 g/mol. The van der Waals surface area contributed by atoms with Gasteiger partial charge in [-0.3, -0.25) is 5.10 Å². The van der Waals surface area contributed by atoms with Crippen molar-refractivity contribution in [1.82, 2.24) is 15.2 Å². The Morgan fingerprint density at radius 1 is 1.12 bits per heavy atom. The third kappa shape index (κ3) is 3.39. The summed E-state index contributed by atoms with van der Waals surface area (Å²) in [5.41, 5.74) is 4.18. The number of rotatable bonds is 6. The number of oxazole rings is 1. The van der Waals surface area contributed by atoms with E-state index >= 15 is 0 Å². The summed E-state index contributed by atoms with van der Waals surface area (Å²) < 4.78 is 11.0. The van der Waals surface area contributed by atoms with Crippen molar-refractivity contribution in [3.63, 3.8) is 0 Å². The van der Waals surface area contributed by atoms with E-state index in [1.165, 1.54) is 0 Å². The third-order valence-electron chi connectivity index (χ3n) is 4.26. The van der Waals surface area contributed by atoms with Gasteiger partial charge >= 0.3 is 0 Å². The Labute approximate surface area is 151 Å². The fourth-order valence-electron chi connectivity index (χ4n) is 2.98. The van der Waals surface area contributed by atoms with Crippen LogP contribution in [0.3, 0.4) is 0 Å². The van der Waals surface area contributed by atoms with Gasteiger partial charge in [-0.1, -0.05) is 18.2 Å². The van der Waals surface area contributed by atoms with Crippen LogP contribution in [0.5, 0.6) is 5.75 Å². The molecule has 0 radical (unpaired) electrons. The highest BCUT2D eigenvalue weighted by atomic mass is 16.5. The molecule has 2 aromatic heterocycles. The molecule has 26 heavy (non-hydrogen) atoms. The van der Waals surface area contributed by atoms with Crippen LogP contribution >= 0.6 is 0 Å². The van der Waals surface area contributed by atoms with Crippen molar-refractivity contribution in [3.05, 3.63) is 71.7 Å². The zero-order valence-electron chi connectivity index (χ0n) is 14.8. The van der Waals surface area contributed by atoms with Gasteiger partial charge in [0.1, 0.15) is 12.0 Å². The van der Waals surface area contributed by atoms with E-state index in [1.54, 1.807) is 13.4 Å². The molecule has 1 N–H and O–H groups in total. The van der Waals surface area contributed by atoms with Crippen LogP contribution in [0.15, 0.2) is 59.3 Å². The number of methoxy groups -OCH3 is 1. The van der Waals surface area contributed by atoms with Gasteiger partial charge in [-0.05, 0) is 42.3 Å². The van der Waals surface area contributed by atoms with Crippen molar-refractivity contribution in [3.8, 4) is 5.75 Å². The Morgan fingerprint density at radius 2 is 1.96 bits per heavy atom. The van der Waals surface area contributed by atoms with Crippen molar-refractivity contribution < 1.29 is 9.15 Å². The molecule has 0 atom stereocenters. The molecule has 0 aliphatic carbocycles. The minimum atomic E-state index is 0.609. The first-order valence-electron chi connectivity index (χ1n) is 8.43. The summed E-state index contributed by atoms with van der Waals surface area (Å²) in [4.78, 5) is 6.62. The summed E-state index contributed by atoms with van der Waals surface area (Å²) in [5, 5.41) is 8.16. The number of benzene rings is 2. The number of aromatic nitrogens is 3. The highest BCUT2D eigenvalue weighted by Gasteiger charge is 2.14. The van der Waals surface area contributed by atoms with Crippen molar-refractivity contribution >= 4 is 16.9 Å². The van der Waals surface area contributed by atoms with E-state index in [2.05, 4.69) is 38.3 Å². The molecular weight excluding hydrogens is 328 g/mol. The van der Waals surface area contributed by atoms with Gasteiger partial charge in [0.2, 0.25) is 0 Å². The number of aromatic amines is 1. The Bertz CT molecular complexity index is 1020. The number of fused-ring (bicyclic) bond motifs is 1. The lowest BCUT2D eigenvalue weighted by Gasteiger charge is -2.21. The first-order chi connectivity index (χ1) is 12.7. The smallest absolute Gasteiger partial charge is 0.298 e. The predicted octanol–water partition coefficient (Wildman–Crippen LogP) is 4.07. The first-order valence-corrected chi connectivity index (χ1v) is 8.43. The normalized spacial score (nSPS) is 11.0. The second kappa shape index (κ2) is 6.92. The molecule has 6 heteroatoms. The third-order valence-corrected chi connectivity index (χ3v) is 4.26. The van der Waals surface area contributed by atoms with Crippen LogP contribution in [-0.2, 0) is 13.1 Å². The molecular formula is C20H20N4O2. The second-order valence-electron chi connectivity index (χ2n) is 6.27. The molecule has 0 spiro atoms. The van der Waals surface area contributed by atoms with Gasteiger partial charge in [0, 0.05) is 18.5 Å². The van der Waals surface area contributed by atoms with Gasteiger partial charge in [-0.25, -0.2) is 0 Å². The van der Waals surface area contributed by atoms with Crippen LogP contribution in [0.2, 0.25) is 0 Å². The molecule has 0 saturated carbocycles. The number of nitrogens with zero attached hydrogens (tertiary/aromatic N) is 3. The summed E-state index contributed by atoms with van der Waals surface area (Å²) in [6.07, 6.45) is 3.51. The molecule has 4 rings (SSSR count). The van der Waals surface area contributed by atoms with Crippen molar-refractivity contribution in [1.29, 1.82) is 0 Å². The molecule has 132 valence electrons. The van der Waals surface area contributed by atoms with E-state index in [-0.39, 0.29) is 0 Å². The van der Waals surface area contributed by atoms with Crippen LogP contribution in [0.25, 0.3) is 10.9 Å². The van der Waals surface area contributed by atoms with Crippen LogP contribution in [0, 0.1) is 6.92 Å². The summed E-state index contributed by atoms with van der Waals surface area (Å²) in [5.74, 6) is 0.839. The molecule has 0 aliphatic heterocycles. The van der Waals surface area contributed by atoms with Gasteiger partial charge in [0.05, 0.1) is 24.5 Å². The number of hydrogen-bond acceptors (Lipinski definition) is 5. The molecule has 0 fully saturated rings. The molecule has 4 aromatic rings. The summed E-state index contributed by atoms with van der Waals surface area (Å²) in [7, 11) is 1.68. The highest BCUT2D eigenvalue weighted by molar-refractivity contribution is 5.78. The molecule has 2 aromatic carbocycles. The lowest BCUT2D eigenvalue weighted by atomic mass is 10.1. The molecule has 0 amide bonds. The van der Waals surface area contributed by atoms with Crippen molar-refractivity contribution in [2.75, 3.05) is 12.0 Å². The first kappa shape index (κ1) is 16.2. The number of H-pyrrole nitrogens is 1. The SMILES string of the molecule is COc1cccc(CN(Cc2ccc3[nH]ncc3c2)c2nc(C)co2)c1. The second-order valence-corrected chi connectivity index (χ2v) is 6.27. The lowest BCUT2D eigenvalue weighted by Crippen LogP contribution is -2.22. The maximum atomic E-state index is 5.66. The van der Waals surface area contributed by atoms with E-state index in [0.29, 0.717) is 19.1 Å². The highest BCUT2D eigenvalue weighted by Crippen LogP contribution is 2.23.